The van der Waals surface area contributed by atoms with Crippen LogP contribution in [0, 0.1) is 47.0 Å². The highest BCUT2D eigenvalue weighted by molar-refractivity contribution is 5.91. The first-order valence-electron chi connectivity index (χ1n) is 35.5. The van der Waals surface area contributed by atoms with Crippen molar-refractivity contribution in [3.05, 3.63) is 179 Å². The predicted molar refractivity (Wildman–Crippen MR) is 402 cm³/mol. The van der Waals surface area contributed by atoms with Crippen molar-refractivity contribution in [1.29, 1.82) is 0 Å². The number of rotatable bonds is 24. The third-order valence-electron chi connectivity index (χ3n) is 19.4. The molecule has 0 aliphatic carbocycles. The van der Waals surface area contributed by atoms with Gasteiger partial charge in [0.25, 0.3) is 0 Å². The molecule has 24 nitrogen and oxygen atoms in total. The summed E-state index contributed by atoms with van der Waals surface area (Å²) in [6.07, 6.45) is 10.1. The number of hydrogen-bond acceptors (Lipinski definition) is 15. The number of amides is 6. The summed E-state index contributed by atoms with van der Waals surface area (Å²) in [6.45, 7) is 17.6. The van der Waals surface area contributed by atoms with Gasteiger partial charge in [-0.3, -0.25) is 0 Å². The van der Waals surface area contributed by atoms with Gasteiger partial charge in [0.1, 0.15) is 17.5 Å². The van der Waals surface area contributed by atoms with Gasteiger partial charge in [-0.15, -0.1) is 15.3 Å². The van der Waals surface area contributed by atoms with E-state index in [1.165, 1.54) is 42.0 Å². The van der Waals surface area contributed by atoms with Crippen LogP contribution in [0.3, 0.4) is 0 Å². The molecule has 6 aromatic carbocycles. The van der Waals surface area contributed by atoms with E-state index in [-0.39, 0.29) is 44.1 Å². The van der Waals surface area contributed by atoms with Crippen molar-refractivity contribution in [2.24, 2.45) is 50.7 Å². The largest absolute Gasteiger partial charge is 0.338 e. The fourth-order valence-electron chi connectivity index (χ4n) is 13.5. The lowest BCUT2D eigenvalue weighted by Crippen LogP contribution is -2.47. The summed E-state index contributed by atoms with van der Waals surface area (Å²) in [5, 5.41) is 52.7. The van der Waals surface area contributed by atoms with Crippen LogP contribution >= 0.6 is 0 Å². The molecule has 3 aliphatic rings. The molecule has 552 valence electrons. The zero-order chi connectivity index (χ0) is 71.7. The van der Waals surface area contributed by atoms with Crippen molar-refractivity contribution in [2.75, 3.05) is 94.5 Å². The number of urea groups is 3. The molecule has 3 aliphatic heterocycles. The minimum atomic E-state index is -0.211. The highest BCUT2D eigenvalue weighted by Gasteiger charge is 2.32. The van der Waals surface area contributed by atoms with Gasteiger partial charge in [-0.25, -0.2) is 41.6 Å². The van der Waals surface area contributed by atoms with Crippen LogP contribution in [0.15, 0.2) is 140 Å². The van der Waals surface area contributed by atoms with Crippen molar-refractivity contribution >= 4 is 35.2 Å². The van der Waals surface area contributed by atoms with Gasteiger partial charge in [0.05, 0.1) is 0 Å². The number of piperidine rings is 3. The highest BCUT2D eigenvalue weighted by Crippen LogP contribution is 2.31. The molecular formula is C75H108F3N21O3. The Kier molecular flexibility index (Phi) is 27.5. The molecule has 12 rings (SSSR count). The normalized spacial score (nSPS) is 16.1. The fraction of sp³-hybridized carbons (Fsp3) is 0.440. The fourth-order valence-corrected chi connectivity index (χ4v) is 13.5. The lowest BCUT2D eigenvalue weighted by atomic mass is 9.78. The Labute approximate surface area is 603 Å². The van der Waals surface area contributed by atoms with Crippen LogP contribution in [0.5, 0.6) is 0 Å². The lowest BCUT2D eigenvalue weighted by Gasteiger charge is -2.40. The van der Waals surface area contributed by atoms with E-state index in [1.54, 1.807) is 35.2 Å². The minimum Gasteiger partial charge on any atom is -0.338 e. The van der Waals surface area contributed by atoms with E-state index < -0.39 is 0 Å². The van der Waals surface area contributed by atoms with Crippen LogP contribution < -0.4 is 31.9 Å². The highest BCUT2D eigenvalue weighted by atomic mass is 19.1. The first kappa shape index (κ1) is 74.7. The average molecular weight is 1410 g/mol. The van der Waals surface area contributed by atoms with E-state index in [2.05, 4.69) is 114 Å². The zero-order valence-corrected chi connectivity index (χ0v) is 59.3. The first-order chi connectivity index (χ1) is 49.4. The number of likely N-dealkylation sites (tertiary alicyclic amines) is 3. The molecule has 102 heavy (non-hydrogen) atoms. The van der Waals surface area contributed by atoms with Crippen LogP contribution in [-0.4, -0.2) is 172 Å². The van der Waals surface area contributed by atoms with Gasteiger partial charge in [-0.2, -0.15) is 0 Å². The minimum absolute atomic E-state index is 0. The molecule has 3 saturated heterocycles. The summed E-state index contributed by atoms with van der Waals surface area (Å²) in [5.41, 5.74) is 9.24. The van der Waals surface area contributed by atoms with Gasteiger partial charge in [0.15, 0.2) is 17.5 Å². The van der Waals surface area contributed by atoms with Crippen LogP contribution in [-0.2, 0) is 46.8 Å². The number of carbonyl (C=O) groups is 3. The number of carbonyl (C=O) groups excluding carboxylic acids is 3. The van der Waals surface area contributed by atoms with E-state index in [1.807, 2.05) is 103 Å². The number of nitrogens with zero attached hydrogens (tertiary/aromatic N) is 15. The Balaban J connectivity index is 0.000000334. The lowest BCUT2D eigenvalue weighted by molar-refractivity contribution is 0.0931. The van der Waals surface area contributed by atoms with Gasteiger partial charge in [-0.05, 0) is 265 Å². The molecule has 6 heterocycles. The summed E-state index contributed by atoms with van der Waals surface area (Å²) >= 11 is 0. The Bertz CT molecular complexity index is 4110. The van der Waals surface area contributed by atoms with Crippen molar-refractivity contribution < 1.29 is 36.1 Å². The molecule has 0 saturated carbocycles. The molecular weight excluding hydrogens is 1300 g/mol. The number of tetrazole rings is 3. The van der Waals surface area contributed by atoms with Crippen molar-refractivity contribution in [3.63, 3.8) is 0 Å². The molecule has 3 fully saturated rings. The number of anilines is 3. The summed E-state index contributed by atoms with van der Waals surface area (Å²) in [5.74, 6) is 3.80. The van der Waals surface area contributed by atoms with Crippen LogP contribution in [0.2, 0.25) is 0 Å². The monoisotopic (exact) mass is 1410 g/mol. The molecule has 3 aromatic heterocycles. The summed E-state index contributed by atoms with van der Waals surface area (Å²) in [6, 6.07) is 40.5. The van der Waals surface area contributed by atoms with E-state index in [9.17, 15) is 27.6 Å². The Hall–Kier alpha value is -9.99. The maximum atomic E-state index is 13.2. The van der Waals surface area contributed by atoms with Crippen molar-refractivity contribution in [2.45, 2.75) is 85.0 Å². The Morgan fingerprint density at radius 2 is 0.863 bits per heavy atom. The first-order valence-corrected chi connectivity index (χ1v) is 35.5. The van der Waals surface area contributed by atoms with Gasteiger partial charge in [0, 0.05) is 103 Å². The molecule has 0 spiro atoms. The SMILES string of the molecule is CCc1cc(NC(=O)NC[C@H]2CN(CCc3ccc(F)cc3)CC[C@@H]2C(C)C)cc(-c2nnnn2C)c1.Cn1nnnc1-c1cccc(NC(=O)NCC2CCN(CCCc3ccc(F)cc3)CC2)c1.Cn1nnnc1-c1cccc(NC(=O)NCC2CCN(CCc3ccc(F)cc3)CC2)c1.[HH].[HH].[HH].[HH].[HH].[HH]. The quantitative estimate of drug-likeness (QED) is 0.0328. The number of aromatic nitrogens is 12. The molecule has 0 bridgehead atoms. The van der Waals surface area contributed by atoms with Crippen LogP contribution in [0.1, 0.15) is 90.1 Å². The second-order valence-corrected chi connectivity index (χ2v) is 27.1. The third kappa shape index (κ3) is 23.0. The van der Waals surface area contributed by atoms with Gasteiger partial charge in [-0.1, -0.05) is 81.4 Å². The molecule has 27 heteroatoms. The zero-order valence-electron chi connectivity index (χ0n) is 59.3. The van der Waals surface area contributed by atoms with Crippen molar-refractivity contribution in [3.8, 4) is 34.2 Å². The molecule has 2 atom stereocenters. The predicted octanol–water partition coefficient (Wildman–Crippen LogP) is 12.6. The number of aryl methyl sites for hydroxylation is 5. The number of nitrogens with one attached hydrogen (secondary N) is 6. The van der Waals surface area contributed by atoms with E-state index in [0.717, 1.165) is 162 Å². The second kappa shape index (κ2) is 37.6. The Morgan fingerprint density at radius 1 is 0.461 bits per heavy atom. The smallest absolute Gasteiger partial charge is 0.319 e. The average Bonchev–Trinajstić information content (AvgIpc) is 1.67. The molecule has 0 radical (unpaired) electrons. The van der Waals surface area contributed by atoms with E-state index in [0.29, 0.717) is 78.1 Å². The van der Waals surface area contributed by atoms with E-state index >= 15 is 0 Å². The van der Waals surface area contributed by atoms with Crippen LogP contribution in [0.4, 0.5) is 44.6 Å². The standard InChI is InChI=1S/C28H38FN7O.C24H30FN7O.C23H28FN7O.6H2/c1-5-20-14-22(27-32-33-34-35(27)4)16-25(15-20)31-28(37)30-17-23-18-36(13-11-26(23)19(2)3)12-10-21-6-8-24(29)9-7-21;1-31-23(28-29-30-31)20-5-2-6-22(16-20)27-24(33)26-17-19-11-14-32(15-12-19)13-3-4-18-7-9-21(25)10-8-18;1-30-22(27-28-29-30)19-3-2-4-21(15-19)26-23(32)25-16-18-10-13-31(14-11-18)12-9-17-5-7-20(24)8-6-17;;;;;;/h6-9,14-16,19,23,26H,5,10-13,17-18H2,1-4H3,(H2,30,31,37);2,5-10,16,19H,3-4,11-15,17H2,1H3,(H2,26,27,33);2-8,15,18H,9-14,16H2,1H3,(H2,25,26,32);6*1H/t23-,26+;;;;;;;;/m0......../s1. The summed E-state index contributed by atoms with van der Waals surface area (Å²) in [4.78, 5) is 45.0. The number of benzene rings is 6. The maximum Gasteiger partial charge on any atom is 0.319 e. The molecule has 9 aromatic rings. The summed E-state index contributed by atoms with van der Waals surface area (Å²) < 4.78 is 44.0. The van der Waals surface area contributed by atoms with Crippen LogP contribution in [0.25, 0.3) is 34.2 Å². The van der Waals surface area contributed by atoms with E-state index in [4.69, 9.17) is 0 Å². The van der Waals surface area contributed by atoms with Gasteiger partial charge < -0.3 is 46.6 Å². The van der Waals surface area contributed by atoms with Gasteiger partial charge in [0.2, 0.25) is 0 Å². The topological polar surface area (TPSA) is 264 Å². The molecule has 6 N–H and O–H groups in total. The maximum absolute atomic E-state index is 13.2. The Morgan fingerprint density at radius 3 is 1.30 bits per heavy atom. The number of hydrogen-bond donors (Lipinski definition) is 6. The second-order valence-electron chi connectivity index (χ2n) is 27.1. The summed E-state index contributed by atoms with van der Waals surface area (Å²) in [7, 11) is 5.35. The van der Waals surface area contributed by atoms with Gasteiger partial charge >= 0.3 is 18.1 Å². The van der Waals surface area contributed by atoms with Crippen molar-refractivity contribution in [1.82, 2.24) is 91.3 Å². The number of halogens is 3. The molecule has 6 amide bonds. The molecule has 0 unspecified atom stereocenters. The third-order valence-corrected chi connectivity index (χ3v) is 19.4.